The molecule has 0 saturated carbocycles. The van der Waals surface area contributed by atoms with Crippen molar-refractivity contribution in [2.24, 2.45) is 0 Å². The first-order valence-electron chi connectivity index (χ1n) is 11.2. The van der Waals surface area contributed by atoms with E-state index in [9.17, 15) is 49.6 Å². The number of hydrogen-bond acceptors (Lipinski definition) is 3. The molecule has 0 unspecified atom stereocenters. The summed E-state index contributed by atoms with van der Waals surface area (Å²) < 4.78 is 223. The van der Waals surface area contributed by atoms with E-state index in [-0.39, 0.29) is 6.92 Å². The molecule has 1 aliphatic rings. The minimum absolute atomic E-state index is 0.274. The number of allylic oxidation sites excluding steroid dienone is 2. The molecule has 0 atom stereocenters. The average molecular weight is 654 g/mol. The monoisotopic (exact) mass is 654 g/mol. The highest BCUT2D eigenvalue weighted by atomic mass is 19.2. The Labute approximate surface area is 233 Å². The molecular formula is C24H8BF15NO3+. The van der Waals surface area contributed by atoms with Crippen molar-refractivity contribution in [1.29, 1.82) is 0 Å². The summed E-state index contributed by atoms with van der Waals surface area (Å²) in [5.41, 5.74) is -13.0. The third kappa shape index (κ3) is 4.10. The Morgan fingerprint density at radius 1 is 0.455 bits per heavy atom. The molecule has 0 radical (unpaired) electrons. The van der Waals surface area contributed by atoms with Crippen molar-refractivity contribution in [3.05, 3.63) is 110 Å². The first-order valence-corrected chi connectivity index (χ1v) is 11.2. The Morgan fingerprint density at radius 3 is 1.02 bits per heavy atom. The fraction of sp³-hybridized carbons (Fsp3) is 0.0833. The van der Waals surface area contributed by atoms with Gasteiger partial charge in [0.1, 0.15) is 5.56 Å². The van der Waals surface area contributed by atoms with Crippen LogP contribution in [-0.4, -0.2) is 17.4 Å². The fourth-order valence-corrected chi connectivity index (χ4v) is 4.84. The molecule has 0 saturated heterocycles. The number of benzene rings is 3. The van der Waals surface area contributed by atoms with E-state index in [1.807, 2.05) is 0 Å². The van der Waals surface area contributed by atoms with Crippen LogP contribution >= 0.6 is 0 Å². The van der Waals surface area contributed by atoms with Gasteiger partial charge >= 0.3 is 7.32 Å². The van der Waals surface area contributed by atoms with Crippen LogP contribution in [0.1, 0.15) is 19.4 Å². The number of halogens is 15. The third-order valence-corrected chi connectivity index (χ3v) is 6.58. The topological polar surface area (TPSA) is 49.7 Å². The SMILES string of the molecule is CC1=C(c2c(F)c(F)c(F)c(F)c2F)[N+](c2c(F)c(F)c(F)c(F)c2F)(c2c(F)c(F)c(F)c(F)c2F)C(C)=C1OB(O)O. The van der Waals surface area contributed by atoms with Gasteiger partial charge in [0.15, 0.2) is 40.4 Å². The van der Waals surface area contributed by atoms with Gasteiger partial charge in [-0.2, -0.15) is 22.0 Å². The van der Waals surface area contributed by atoms with E-state index < -0.39 is 139 Å². The van der Waals surface area contributed by atoms with Gasteiger partial charge in [-0.3, -0.25) is 0 Å². The Balaban J connectivity index is 2.51. The van der Waals surface area contributed by atoms with Crippen LogP contribution in [-0.2, 0) is 4.65 Å². The summed E-state index contributed by atoms with van der Waals surface area (Å²) in [7, 11) is -3.12. The Morgan fingerprint density at radius 2 is 0.727 bits per heavy atom. The van der Waals surface area contributed by atoms with Crippen molar-refractivity contribution in [3.8, 4) is 0 Å². The molecule has 1 heterocycles. The van der Waals surface area contributed by atoms with Gasteiger partial charge < -0.3 is 14.7 Å². The van der Waals surface area contributed by atoms with E-state index in [0.717, 1.165) is 0 Å². The number of quaternary nitrogens is 1. The van der Waals surface area contributed by atoms with Crippen LogP contribution in [0.3, 0.4) is 0 Å². The molecule has 0 spiro atoms. The van der Waals surface area contributed by atoms with Crippen molar-refractivity contribution >= 4 is 24.4 Å². The minimum Gasteiger partial charge on any atom is -0.507 e. The molecule has 20 heteroatoms. The fourth-order valence-electron chi connectivity index (χ4n) is 4.84. The van der Waals surface area contributed by atoms with Gasteiger partial charge in [0, 0.05) is 6.92 Å². The van der Waals surface area contributed by atoms with Crippen LogP contribution in [0.2, 0.25) is 0 Å². The maximum Gasteiger partial charge on any atom is 0.707 e. The van der Waals surface area contributed by atoms with Gasteiger partial charge in [0.25, 0.3) is 0 Å². The van der Waals surface area contributed by atoms with Crippen molar-refractivity contribution in [2.45, 2.75) is 13.8 Å². The molecule has 0 amide bonds. The van der Waals surface area contributed by atoms with Gasteiger partial charge in [-0.25, -0.2) is 48.3 Å². The number of nitrogens with zero attached hydrogens (tertiary/aromatic N) is 1. The van der Waals surface area contributed by atoms with Crippen LogP contribution in [0.5, 0.6) is 0 Å². The zero-order valence-corrected chi connectivity index (χ0v) is 21.0. The molecule has 0 aliphatic carbocycles. The van der Waals surface area contributed by atoms with E-state index in [1.54, 1.807) is 0 Å². The molecule has 0 aromatic heterocycles. The number of hydrogen-bond donors (Lipinski definition) is 2. The summed E-state index contributed by atoms with van der Waals surface area (Å²) in [6, 6.07) is 0. The summed E-state index contributed by atoms with van der Waals surface area (Å²) >= 11 is 0. The van der Waals surface area contributed by atoms with Crippen LogP contribution in [0, 0.1) is 87.3 Å². The van der Waals surface area contributed by atoms with Crippen LogP contribution in [0.15, 0.2) is 17.0 Å². The van der Waals surface area contributed by atoms with Gasteiger partial charge in [-0.05, 0) is 6.92 Å². The van der Waals surface area contributed by atoms with Gasteiger partial charge in [-0.15, -0.1) is 0 Å². The second kappa shape index (κ2) is 10.8. The van der Waals surface area contributed by atoms with E-state index in [4.69, 9.17) is 0 Å². The maximum absolute atomic E-state index is 15.5. The molecular weight excluding hydrogens is 646 g/mol. The highest BCUT2D eigenvalue weighted by Crippen LogP contribution is 2.59. The first-order chi connectivity index (χ1) is 20.3. The number of rotatable bonds is 5. The molecule has 0 bridgehead atoms. The Bertz CT molecular complexity index is 1700. The molecule has 3 aromatic rings. The van der Waals surface area contributed by atoms with Crippen LogP contribution in [0.25, 0.3) is 5.70 Å². The summed E-state index contributed by atoms with van der Waals surface area (Å²) in [5.74, 6) is -46.8. The zero-order valence-electron chi connectivity index (χ0n) is 21.0. The minimum atomic E-state index is -3.39. The molecule has 44 heavy (non-hydrogen) atoms. The summed E-state index contributed by atoms with van der Waals surface area (Å²) in [4.78, 5) is 0. The van der Waals surface area contributed by atoms with E-state index >= 15 is 26.3 Å². The van der Waals surface area contributed by atoms with Crippen molar-refractivity contribution in [3.63, 3.8) is 0 Å². The highest BCUT2D eigenvalue weighted by Gasteiger charge is 2.60. The maximum atomic E-state index is 15.5. The van der Waals surface area contributed by atoms with E-state index in [1.165, 1.54) is 0 Å². The normalized spacial score (nSPS) is 14.7. The largest absolute Gasteiger partial charge is 0.707 e. The third-order valence-electron chi connectivity index (χ3n) is 6.58. The van der Waals surface area contributed by atoms with Crippen molar-refractivity contribution in [2.75, 3.05) is 0 Å². The van der Waals surface area contributed by atoms with E-state index in [2.05, 4.69) is 4.65 Å². The lowest BCUT2D eigenvalue weighted by atomic mass is 9.99. The standard InChI is InChI=1S/C24H8BF15NO3/c1-3-21(5-6(26)8(28)10(30)9(29)7(5)27)41(4(2)24(3)44-25(42)43,22-17(37)13(33)11(31)14(34)18(22)38)23-19(39)15(35)12(32)16(36)20(23)40/h42-43H,1-2H3/q+1. The summed E-state index contributed by atoms with van der Waals surface area (Å²) in [6.45, 7) is 0.684. The van der Waals surface area contributed by atoms with Crippen molar-refractivity contribution in [1.82, 2.24) is 4.48 Å². The lowest BCUT2D eigenvalue weighted by molar-refractivity contribution is 0.238. The molecule has 3 aromatic carbocycles. The quantitative estimate of drug-likeness (QED) is 0.102. The molecule has 0 fully saturated rings. The molecule has 1 aliphatic heterocycles. The summed E-state index contributed by atoms with van der Waals surface area (Å²) in [6.07, 6.45) is 0. The molecule has 2 N–H and O–H groups in total. The van der Waals surface area contributed by atoms with Crippen molar-refractivity contribution < 1.29 is 80.6 Å². The van der Waals surface area contributed by atoms with Crippen LogP contribution < -0.4 is 4.48 Å². The predicted octanol–water partition coefficient (Wildman–Crippen LogP) is 7.07. The van der Waals surface area contributed by atoms with Gasteiger partial charge in [0.05, 0.1) is 5.57 Å². The first kappa shape index (κ1) is 32.7. The Hall–Kier alpha value is -4.17. The molecule has 234 valence electrons. The lowest BCUT2D eigenvalue weighted by Gasteiger charge is -2.37. The van der Waals surface area contributed by atoms with E-state index in [0.29, 0.717) is 6.92 Å². The second-order valence-corrected chi connectivity index (χ2v) is 8.79. The smallest absolute Gasteiger partial charge is 0.507 e. The second-order valence-electron chi connectivity index (χ2n) is 8.79. The lowest BCUT2D eigenvalue weighted by Crippen LogP contribution is -2.44. The summed E-state index contributed by atoms with van der Waals surface area (Å²) in [5, 5.41) is 18.7. The highest BCUT2D eigenvalue weighted by molar-refractivity contribution is 6.33. The van der Waals surface area contributed by atoms with Gasteiger partial charge in [0.2, 0.25) is 75.4 Å². The van der Waals surface area contributed by atoms with Gasteiger partial charge in [-0.1, -0.05) is 0 Å². The molecule has 4 rings (SSSR count). The zero-order chi connectivity index (χ0) is 33.5. The van der Waals surface area contributed by atoms with Crippen LogP contribution in [0.4, 0.5) is 77.2 Å². The Kier molecular flexibility index (Phi) is 8.02. The average Bonchev–Trinajstić information content (AvgIpc) is 3.17. The molecule has 4 nitrogen and oxygen atoms in total. The predicted molar refractivity (Wildman–Crippen MR) is 117 cm³/mol.